The maximum absolute atomic E-state index is 12.3. The first-order valence-electron chi connectivity index (χ1n) is 7.00. The summed E-state index contributed by atoms with van der Waals surface area (Å²) in [5.41, 5.74) is 2.43. The molecule has 0 aliphatic rings. The van der Waals surface area contributed by atoms with Gasteiger partial charge >= 0.3 is 0 Å². The fourth-order valence-electron chi connectivity index (χ4n) is 2.03. The van der Waals surface area contributed by atoms with Gasteiger partial charge in [-0.15, -0.1) is 11.3 Å². The topological polar surface area (TPSA) is 54.0 Å². The van der Waals surface area contributed by atoms with Crippen molar-refractivity contribution in [2.24, 2.45) is 0 Å². The predicted molar refractivity (Wildman–Crippen MR) is 94.5 cm³/mol. The van der Waals surface area contributed by atoms with E-state index in [1.54, 1.807) is 18.3 Å². The van der Waals surface area contributed by atoms with Crippen LogP contribution < -0.4 is 10.6 Å². The summed E-state index contributed by atoms with van der Waals surface area (Å²) in [5.74, 6) is -0.122. The Balaban J connectivity index is 1.63. The molecule has 0 aliphatic carbocycles. The zero-order chi connectivity index (χ0) is 16.1. The molecule has 0 spiro atoms. The second-order valence-electron chi connectivity index (χ2n) is 4.85. The highest BCUT2D eigenvalue weighted by Gasteiger charge is 2.07. The van der Waals surface area contributed by atoms with E-state index in [-0.39, 0.29) is 5.91 Å². The number of amides is 1. The summed E-state index contributed by atoms with van der Waals surface area (Å²) >= 11 is 7.35. The Morgan fingerprint density at radius 1 is 1.17 bits per heavy atom. The van der Waals surface area contributed by atoms with Crippen LogP contribution in [0.4, 0.5) is 10.8 Å². The summed E-state index contributed by atoms with van der Waals surface area (Å²) in [6.45, 7) is 0.458. The lowest BCUT2D eigenvalue weighted by Crippen LogP contribution is -2.22. The predicted octanol–water partition coefficient (Wildman–Crippen LogP) is 4.47. The number of aromatic nitrogens is 1. The average molecular weight is 344 g/mol. The summed E-state index contributed by atoms with van der Waals surface area (Å²) in [5, 5.41) is 9.44. The maximum atomic E-state index is 12.3. The molecule has 2 N–H and O–H groups in total. The van der Waals surface area contributed by atoms with Gasteiger partial charge in [-0.25, -0.2) is 4.98 Å². The smallest absolute Gasteiger partial charge is 0.251 e. The molecule has 0 saturated carbocycles. The van der Waals surface area contributed by atoms with E-state index in [4.69, 9.17) is 11.6 Å². The maximum Gasteiger partial charge on any atom is 0.251 e. The fourth-order valence-corrected chi connectivity index (χ4v) is 2.71. The van der Waals surface area contributed by atoms with Gasteiger partial charge in [0.15, 0.2) is 5.13 Å². The van der Waals surface area contributed by atoms with Gasteiger partial charge in [-0.3, -0.25) is 4.79 Å². The molecule has 23 heavy (non-hydrogen) atoms. The number of benzene rings is 2. The molecule has 116 valence electrons. The summed E-state index contributed by atoms with van der Waals surface area (Å²) < 4.78 is 0. The molecular formula is C17H14ClN3OS. The van der Waals surface area contributed by atoms with Crippen molar-refractivity contribution >= 4 is 39.7 Å². The third-order valence-electron chi connectivity index (χ3n) is 3.17. The van der Waals surface area contributed by atoms with E-state index in [1.807, 2.05) is 41.8 Å². The molecule has 0 radical (unpaired) electrons. The molecule has 0 atom stereocenters. The molecule has 1 aromatic heterocycles. The van der Waals surface area contributed by atoms with E-state index < -0.39 is 0 Å². The van der Waals surface area contributed by atoms with Crippen LogP contribution in [0.3, 0.4) is 0 Å². The summed E-state index contributed by atoms with van der Waals surface area (Å²) in [7, 11) is 0. The molecule has 0 saturated heterocycles. The van der Waals surface area contributed by atoms with Gasteiger partial charge in [-0.05, 0) is 35.9 Å². The van der Waals surface area contributed by atoms with Crippen molar-refractivity contribution in [3.05, 3.63) is 76.3 Å². The molecule has 1 amide bonds. The Bertz CT molecular complexity index is 788. The van der Waals surface area contributed by atoms with Crippen LogP contribution in [-0.4, -0.2) is 10.9 Å². The van der Waals surface area contributed by atoms with Gasteiger partial charge in [0, 0.05) is 34.4 Å². The Hall–Kier alpha value is -2.37. The van der Waals surface area contributed by atoms with Crippen LogP contribution >= 0.6 is 22.9 Å². The molecule has 6 heteroatoms. The second kappa shape index (κ2) is 7.26. The number of thiazole rings is 1. The number of hydrogen-bond donors (Lipinski definition) is 2. The van der Waals surface area contributed by atoms with Gasteiger partial charge in [0.25, 0.3) is 5.91 Å². The molecule has 1 heterocycles. The molecule has 3 aromatic rings. The van der Waals surface area contributed by atoms with E-state index >= 15 is 0 Å². The lowest BCUT2D eigenvalue weighted by Gasteiger charge is -2.08. The Morgan fingerprint density at radius 3 is 2.74 bits per heavy atom. The zero-order valence-electron chi connectivity index (χ0n) is 12.1. The minimum atomic E-state index is -0.122. The molecule has 4 nitrogen and oxygen atoms in total. The lowest BCUT2D eigenvalue weighted by molar-refractivity contribution is 0.0951. The van der Waals surface area contributed by atoms with Crippen LogP contribution in [-0.2, 0) is 6.54 Å². The van der Waals surface area contributed by atoms with Crippen molar-refractivity contribution in [2.45, 2.75) is 6.54 Å². The first-order valence-corrected chi connectivity index (χ1v) is 8.26. The van der Waals surface area contributed by atoms with Crippen molar-refractivity contribution in [1.82, 2.24) is 10.3 Å². The fraction of sp³-hybridized carbons (Fsp3) is 0.0588. The first kappa shape index (κ1) is 15.5. The highest BCUT2D eigenvalue weighted by molar-refractivity contribution is 7.13. The molecule has 0 bridgehead atoms. The highest BCUT2D eigenvalue weighted by atomic mass is 35.5. The van der Waals surface area contributed by atoms with E-state index in [9.17, 15) is 4.79 Å². The highest BCUT2D eigenvalue weighted by Crippen LogP contribution is 2.19. The standard InChI is InChI=1S/C17H14ClN3OS/c18-14-6-4-12(5-7-14)11-20-16(22)13-2-1-3-15(10-13)21-17-19-8-9-23-17/h1-10H,11H2,(H,19,21)(H,20,22). The average Bonchev–Trinajstić information content (AvgIpc) is 3.07. The largest absolute Gasteiger partial charge is 0.348 e. The Kier molecular flexibility index (Phi) is 4.90. The molecule has 0 aliphatic heterocycles. The minimum absolute atomic E-state index is 0.122. The molecule has 0 fully saturated rings. The second-order valence-corrected chi connectivity index (χ2v) is 6.18. The van der Waals surface area contributed by atoms with Gasteiger partial charge in [-0.2, -0.15) is 0 Å². The third kappa shape index (κ3) is 4.31. The minimum Gasteiger partial charge on any atom is -0.348 e. The number of anilines is 2. The van der Waals surface area contributed by atoms with Crippen LogP contribution in [0.25, 0.3) is 0 Å². The third-order valence-corrected chi connectivity index (χ3v) is 4.12. The normalized spacial score (nSPS) is 10.3. The molecule has 3 rings (SSSR count). The molecule has 0 unspecified atom stereocenters. The van der Waals surface area contributed by atoms with Gasteiger partial charge in [-0.1, -0.05) is 29.8 Å². The number of halogens is 1. The summed E-state index contributed by atoms with van der Waals surface area (Å²) in [6.07, 6.45) is 1.73. The summed E-state index contributed by atoms with van der Waals surface area (Å²) in [6, 6.07) is 14.7. The lowest BCUT2D eigenvalue weighted by atomic mass is 10.1. The summed E-state index contributed by atoms with van der Waals surface area (Å²) in [4.78, 5) is 16.4. The van der Waals surface area contributed by atoms with Crippen LogP contribution in [0.1, 0.15) is 15.9 Å². The van der Waals surface area contributed by atoms with Crippen molar-refractivity contribution in [2.75, 3.05) is 5.32 Å². The monoisotopic (exact) mass is 343 g/mol. The molecular weight excluding hydrogens is 330 g/mol. The SMILES string of the molecule is O=C(NCc1ccc(Cl)cc1)c1cccc(Nc2nccs2)c1. The van der Waals surface area contributed by atoms with Gasteiger partial charge in [0.05, 0.1) is 0 Å². The quantitative estimate of drug-likeness (QED) is 0.718. The number of carbonyl (C=O) groups is 1. The number of hydrogen-bond acceptors (Lipinski definition) is 4. The zero-order valence-corrected chi connectivity index (χ0v) is 13.7. The van der Waals surface area contributed by atoms with Crippen molar-refractivity contribution in [1.29, 1.82) is 0 Å². The Labute approximate surface area is 143 Å². The molecule has 2 aromatic carbocycles. The van der Waals surface area contributed by atoms with E-state index in [2.05, 4.69) is 15.6 Å². The van der Waals surface area contributed by atoms with Crippen LogP contribution in [0, 0.1) is 0 Å². The Morgan fingerprint density at radius 2 is 2.00 bits per heavy atom. The van der Waals surface area contributed by atoms with Crippen molar-refractivity contribution < 1.29 is 4.79 Å². The van der Waals surface area contributed by atoms with Gasteiger partial charge in [0.2, 0.25) is 0 Å². The van der Waals surface area contributed by atoms with Gasteiger partial charge < -0.3 is 10.6 Å². The number of nitrogens with one attached hydrogen (secondary N) is 2. The van der Waals surface area contributed by atoms with Crippen LogP contribution in [0.5, 0.6) is 0 Å². The number of rotatable bonds is 5. The van der Waals surface area contributed by atoms with Gasteiger partial charge in [0.1, 0.15) is 0 Å². The number of nitrogens with zero attached hydrogens (tertiary/aromatic N) is 1. The first-order chi connectivity index (χ1) is 11.2. The van der Waals surface area contributed by atoms with E-state index in [0.29, 0.717) is 17.1 Å². The van der Waals surface area contributed by atoms with Crippen LogP contribution in [0.15, 0.2) is 60.1 Å². The van der Waals surface area contributed by atoms with E-state index in [1.165, 1.54) is 11.3 Å². The van der Waals surface area contributed by atoms with Crippen molar-refractivity contribution in [3.63, 3.8) is 0 Å². The van der Waals surface area contributed by atoms with Crippen molar-refractivity contribution in [3.8, 4) is 0 Å². The number of carbonyl (C=O) groups excluding carboxylic acids is 1. The van der Waals surface area contributed by atoms with Crippen LogP contribution in [0.2, 0.25) is 5.02 Å². The van der Waals surface area contributed by atoms with E-state index in [0.717, 1.165) is 16.4 Å².